The zero-order valence-corrected chi connectivity index (χ0v) is 14.4. The van der Waals surface area contributed by atoms with Crippen LogP contribution < -0.4 is 0 Å². The van der Waals surface area contributed by atoms with E-state index in [2.05, 4.69) is 37.6 Å². The van der Waals surface area contributed by atoms with Gasteiger partial charge in [0.15, 0.2) is 5.16 Å². The average molecular weight is 380 g/mol. The van der Waals surface area contributed by atoms with E-state index in [1.807, 2.05) is 48.9 Å². The minimum absolute atomic E-state index is 0.718. The van der Waals surface area contributed by atoms with Crippen LogP contribution in [0, 0.1) is 0 Å². The standard InChI is InChI=1S/C16H12BrClN2S/c1-21-16-19-10-15(11-5-7-12(17)8-6-11)20(16)14-4-2-3-13(18)9-14/h2-10H,1H3. The van der Waals surface area contributed by atoms with Gasteiger partial charge in [0.25, 0.3) is 0 Å². The molecule has 0 saturated heterocycles. The predicted molar refractivity (Wildman–Crippen MR) is 93.5 cm³/mol. The Morgan fingerprint density at radius 2 is 1.90 bits per heavy atom. The van der Waals surface area contributed by atoms with Crippen molar-refractivity contribution in [1.29, 1.82) is 0 Å². The molecule has 21 heavy (non-hydrogen) atoms. The van der Waals surface area contributed by atoms with E-state index in [4.69, 9.17) is 11.6 Å². The third-order valence-electron chi connectivity index (χ3n) is 3.12. The molecule has 0 saturated carbocycles. The molecule has 0 unspecified atom stereocenters. The lowest BCUT2D eigenvalue weighted by Gasteiger charge is -2.11. The van der Waals surface area contributed by atoms with Crippen LogP contribution in [0.4, 0.5) is 0 Å². The molecule has 0 aliphatic heterocycles. The number of benzene rings is 2. The van der Waals surface area contributed by atoms with Crippen molar-refractivity contribution in [2.24, 2.45) is 0 Å². The fourth-order valence-electron chi connectivity index (χ4n) is 2.17. The molecule has 0 aliphatic rings. The van der Waals surface area contributed by atoms with E-state index in [1.165, 1.54) is 0 Å². The molecule has 3 aromatic rings. The molecule has 2 nitrogen and oxygen atoms in total. The topological polar surface area (TPSA) is 17.8 Å². The first-order chi connectivity index (χ1) is 10.2. The molecular formula is C16H12BrClN2S. The van der Waals surface area contributed by atoms with Crippen LogP contribution in [-0.4, -0.2) is 15.8 Å². The second kappa shape index (κ2) is 6.26. The van der Waals surface area contributed by atoms with Crippen LogP contribution in [0.2, 0.25) is 5.02 Å². The zero-order valence-electron chi connectivity index (χ0n) is 11.3. The third-order valence-corrected chi connectivity index (χ3v) is 4.54. The van der Waals surface area contributed by atoms with Gasteiger partial charge in [-0.15, -0.1) is 0 Å². The molecular weight excluding hydrogens is 368 g/mol. The summed E-state index contributed by atoms with van der Waals surface area (Å²) in [4.78, 5) is 4.51. The molecule has 0 spiro atoms. The van der Waals surface area contributed by atoms with Crippen LogP contribution in [0.5, 0.6) is 0 Å². The first kappa shape index (κ1) is 14.7. The Morgan fingerprint density at radius 3 is 2.57 bits per heavy atom. The van der Waals surface area contributed by atoms with Crippen LogP contribution in [0.25, 0.3) is 16.9 Å². The molecule has 0 amide bonds. The first-order valence-corrected chi connectivity index (χ1v) is 8.72. The van der Waals surface area contributed by atoms with Crippen molar-refractivity contribution < 1.29 is 0 Å². The van der Waals surface area contributed by atoms with E-state index in [1.54, 1.807) is 11.8 Å². The lowest BCUT2D eigenvalue weighted by molar-refractivity contribution is 0.903. The third kappa shape index (κ3) is 3.03. The van der Waals surface area contributed by atoms with Crippen LogP contribution in [0.1, 0.15) is 0 Å². The Bertz CT molecular complexity index is 768. The summed E-state index contributed by atoms with van der Waals surface area (Å²) in [6.07, 6.45) is 3.92. The van der Waals surface area contributed by atoms with Crippen LogP contribution in [0.3, 0.4) is 0 Å². The molecule has 0 bridgehead atoms. The summed E-state index contributed by atoms with van der Waals surface area (Å²) in [6, 6.07) is 16.0. The second-order valence-electron chi connectivity index (χ2n) is 4.45. The number of hydrogen-bond acceptors (Lipinski definition) is 2. The number of hydrogen-bond donors (Lipinski definition) is 0. The Morgan fingerprint density at radius 1 is 1.14 bits per heavy atom. The minimum atomic E-state index is 0.718. The highest BCUT2D eigenvalue weighted by molar-refractivity contribution is 9.10. The lowest BCUT2D eigenvalue weighted by Crippen LogP contribution is -1.98. The normalized spacial score (nSPS) is 10.8. The van der Waals surface area contributed by atoms with Gasteiger partial charge in [-0.05, 0) is 36.6 Å². The van der Waals surface area contributed by atoms with Crippen molar-refractivity contribution in [3.8, 4) is 16.9 Å². The van der Waals surface area contributed by atoms with Crippen molar-refractivity contribution in [1.82, 2.24) is 9.55 Å². The molecule has 0 atom stereocenters. The molecule has 5 heteroatoms. The van der Waals surface area contributed by atoms with Crippen molar-refractivity contribution >= 4 is 39.3 Å². The SMILES string of the molecule is CSc1ncc(-c2ccc(Br)cc2)n1-c1cccc(Cl)c1. The Kier molecular flexibility index (Phi) is 4.38. The molecule has 0 fully saturated rings. The molecule has 0 N–H and O–H groups in total. The summed E-state index contributed by atoms with van der Waals surface area (Å²) >= 11 is 11.2. The van der Waals surface area contributed by atoms with Crippen LogP contribution >= 0.6 is 39.3 Å². The van der Waals surface area contributed by atoms with Crippen LogP contribution in [-0.2, 0) is 0 Å². The van der Waals surface area contributed by atoms with Crippen molar-refractivity contribution in [3.63, 3.8) is 0 Å². The van der Waals surface area contributed by atoms with Gasteiger partial charge in [-0.2, -0.15) is 0 Å². The molecule has 0 radical (unpaired) electrons. The smallest absolute Gasteiger partial charge is 0.172 e. The summed E-state index contributed by atoms with van der Waals surface area (Å²) < 4.78 is 3.19. The monoisotopic (exact) mass is 378 g/mol. The summed E-state index contributed by atoms with van der Waals surface area (Å²) in [5.74, 6) is 0. The highest BCUT2D eigenvalue weighted by Gasteiger charge is 2.13. The van der Waals surface area contributed by atoms with E-state index in [0.29, 0.717) is 0 Å². The maximum absolute atomic E-state index is 6.13. The Balaban J connectivity index is 2.19. The van der Waals surface area contributed by atoms with E-state index in [-0.39, 0.29) is 0 Å². The van der Waals surface area contributed by atoms with Gasteiger partial charge in [0, 0.05) is 20.7 Å². The maximum Gasteiger partial charge on any atom is 0.172 e. The lowest BCUT2D eigenvalue weighted by atomic mass is 10.1. The number of thioether (sulfide) groups is 1. The van der Waals surface area contributed by atoms with E-state index >= 15 is 0 Å². The van der Waals surface area contributed by atoms with Crippen molar-refractivity contribution in [3.05, 3.63) is 64.2 Å². The van der Waals surface area contributed by atoms with Gasteiger partial charge in [-0.1, -0.05) is 57.5 Å². The van der Waals surface area contributed by atoms with Gasteiger partial charge < -0.3 is 0 Å². The van der Waals surface area contributed by atoms with Gasteiger partial charge in [0.1, 0.15) is 0 Å². The zero-order chi connectivity index (χ0) is 14.8. The number of rotatable bonds is 3. The highest BCUT2D eigenvalue weighted by Crippen LogP contribution is 2.30. The van der Waals surface area contributed by atoms with E-state index in [9.17, 15) is 0 Å². The Labute approximate surface area is 141 Å². The summed E-state index contributed by atoms with van der Waals surface area (Å²) in [6.45, 7) is 0. The second-order valence-corrected chi connectivity index (χ2v) is 6.58. The van der Waals surface area contributed by atoms with Crippen LogP contribution in [0.15, 0.2) is 64.4 Å². The van der Waals surface area contributed by atoms with Gasteiger partial charge in [-0.3, -0.25) is 4.57 Å². The Hall–Kier alpha value is -1.23. The van der Waals surface area contributed by atoms with E-state index < -0.39 is 0 Å². The van der Waals surface area contributed by atoms with Gasteiger partial charge in [0.2, 0.25) is 0 Å². The summed E-state index contributed by atoms with van der Waals surface area (Å²) in [5.41, 5.74) is 3.18. The van der Waals surface area contributed by atoms with Gasteiger partial charge in [-0.25, -0.2) is 4.98 Å². The van der Waals surface area contributed by atoms with Crippen molar-refractivity contribution in [2.45, 2.75) is 5.16 Å². The molecule has 1 aromatic heterocycles. The molecule has 106 valence electrons. The molecule has 3 rings (SSSR count). The number of nitrogens with zero attached hydrogens (tertiary/aromatic N) is 2. The average Bonchev–Trinajstić information content (AvgIpc) is 2.92. The number of imidazole rings is 1. The fourth-order valence-corrected chi connectivity index (χ4v) is 3.16. The quantitative estimate of drug-likeness (QED) is 0.545. The minimum Gasteiger partial charge on any atom is -0.287 e. The predicted octanol–water partition coefficient (Wildman–Crippen LogP) is 5.68. The van der Waals surface area contributed by atoms with Gasteiger partial charge in [0.05, 0.1) is 11.9 Å². The highest BCUT2D eigenvalue weighted by atomic mass is 79.9. The number of aromatic nitrogens is 2. The van der Waals surface area contributed by atoms with Gasteiger partial charge >= 0.3 is 0 Å². The van der Waals surface area contributed by atoms with E-state index in [0.717, 1.165) is 31.6 Å². The molecule has 1 heterocycles. The molecule has 2 aromatic carbocycles. The summed E-state index contributed by atoms with van der Waals surface area (Å²) in [5, 5.41) is 1.66. The summed E-state index contributed by atoms with van der Waals surface area (Å²) in [7, 11) is 0. The molecule has 0 aliphatic carbocycles. The largest absolute Gasteiger partial charge is 0.287 e. The first-order valence-electron chi connectivity index (χ1n) is 6.32. The number of halogens is 2. The van der Waals surface area contributed by atoms with Crippen molar-refractivity contribution in [2.75, 3.05) is 6.26 Å². The fraction of sp³-hybridized carbons (Fsp3) is 0.0625. The maximum atomic E-state index is 6.13.